The number of piperazine rings is 1. The first-order chi connectivity index (χ1) is 9.72. The predicted octanol–water partition coefficient (Wildman–Crippen LogP) is 1.79. The third-order valence-corrected chi connectivity index (χ3v) is 5.05. The van der Waals surface area contributed by atoms with Gasteiger partial charge in [-0.3, -0.25) is 4.90 Å². The van der Waals surface area contributed by atoms with Gasteiger partial charge in [0.05, 0.1) is 6.54 Å². The Morgan fingerprint density at radius 1 is 1.35 bits per heavy atom. The standard InChI is InChI=1S/C15H27N5/c1-3-20-14(16-12-18-20)10-19-11-15(17-9-13(19)2)7-5-4-6-8-15/h12-13,17H,3-11H2,1-2H3. The molecule has 5 nitrogen and oxygen atoms in total. The van der Waals surface area contributed by atoms with Crippen LogP contribution in [0.1, 0.15) is 51.8 Å². The molecule has 0 radical (unpaired) electrons. The highest BCUT2D eigenvalue weighted by Gasteiger charge is 2.38. The molecule has 0 bridgehead atoms. The lowest BCUT2D eigenvalue weighted by Crippen LogP contribution is -2.63. The fraction of sp³-hybridized carbons (Fsp3) is 0.867. The van der Waals surface area contributed by atoms with E-state index in [1.165, 1.54) is 32.1 Å². The Morgan fingerprint density at radius 3 is 2.90 bits per heavy atom. The number of nitrogens with one attached hydrogen (secondary N) is 1. The average molecular weight is 277 g/mol. The first kappa shape index (κ1) is 14.0. The molecule has 1 aromatic heterocycles. The Kier molecular flexibility index (Phi) is 4.08. The Morgan fingerprint density at radius 2 is 2.15 bits per heavy atom. The van der Waals surface area contributed by atoms with Crippen LogP contribution in [0.5, 0.6) is 0 Å². The lowest BCUT2D eigenvalue weighted by atomic mass is 9.79. The molecule has 1 aliphatic carbocycles. The number of nitrogens with zero attached hydrogens (tertiary/aromatic N) is 4. The van der Waals surface area contributed by atoms with Gasteiger partial charge in [-0.1, -0.05) is 19.3 Å². The summed E-state index contributed by atoms with van der Waals surface area (Å²) in [5, 5.41) is 8.13. The van der Waals surface area contributed by atoms with E-state index in [1.807, 2.05) is 4.68 Å². The SMILES string of the molecule is CCn1ncnc1CN1CC2(CCCCC2)NCC1C. The fourth-order valence-corrected chi connectivity index (χ4v) is 3.73. The molecule has 5 heteroatoms. The van der Waals surface area contributed by atoms with Crippen LogP contribution in [0.2, 0.25) is 0 Å². The first-order valence-electron chi connectivity index (χ1n) is 8.08. The number of aryl methyl sites for hydroxylation is 1. The van der Waals surface area contributed by atoms with Gasteiger partial charge in [0.1, 0.15) is 12.2 Å². The fourth-order valence-electron chi connectivity index (χ4n) is 3.73. The van der Waals surface area contributed by atoms with Crippen molar-refractivity contribution in [2.24, 2.45) is 0 Å². The second kappa shape index (κ2) is 5.82. The Hall–Kier alpha value is -0.940. The minimum Gasteiger partial charge on any atom is -0.308 e. The number of aromatic nitrogens is 3. The first-order valence-corrected chi connectivity index (χ1v) is 8.08. The molecular formula is C15H27N5. The van der Waals surface area contributed by atoms with Crippen LogP contribution in [-0.2, 0) is 13.1 Å². The summed E-state index contributed by atoms with van der Waals surface area (Å²) < 4.78 is 2.02. The molecule has 1 saturated carbocycles. The molecule has 1 unspecified atom stereocenters. The highest BCUT2D eigenvalue weighted by atomic mass is 15.4. The second-order valence-electron chi connectivity index (χ2n) is 6.47. The third-order valence-electron chi connectivity index (χ3n) is 5.05. The highest BCUT2D eigenvalue weighted by molar-refractivity contribution is 5.00. The smallest absolute Gasteiger partial charge is 0.141 e. The van der Waals surface area contributed by atoms with Gasteiger partial charge < -0.3 is 5.32 Å². The summed E-state index contributed by atoms with van der Waals surface area (Å²) in [5.41, 5.74) is 0.363. The van der Waals surface area contributed by atoms with E-state index < -0.39 is 0 Å². The van der Waals surface area contributed by atoms with Crippen LogP contribution in [0.3, 0.4) is 0 Å². The van der Waals surface area contributed by atoms with E-state index in [9.17, 15) is 0 Å². The van der Waals surface area contributed by atoms with E-state index in [-0.39, 0.29) is 0 Å². The van der Waals surface area contributed by atoms with E-state index in [1.54, 1.807) is 6.33 Å². The zero-order chi connectivity index (χ0) is 14.0. The summed E-state index contributed by atoms with van der Waals surface area (Å²) in [4.78, 5) is 7.03. The van der Waals surface area contributed by atoms with Crippen molar-refractivity contribution >= 4 is 0 Å². The summed E-state index contributed by atoms with van der Waals surface area (Å²) in [6.07, 6.45) is 8.50. The minimum atomic E-state index is 0.363. The van der Waals surface area contributed by atoms with Gasteiger partial charge >= 0.3 is 0 Å². The van der Waals surface area contributed by atoms with Crippen molar-refractivity contribution in [3.8, 4) is 0 Å². The number of hydrogen-bond acceptors (Lipinski definition) is 4. The maximum absolute atomic E-state index is 4.44. The van der Waals surface area contributed by atoms with Crippen molar-refractivity contribution in [1.29, 1.82) is 0 Å². The van der Waals surface area contributed by atoms with E-state index in [0.717, 1.165) is 32.0 Å². The van der Waals surface area contributed by atoms with Crippen LogP contribution in [0.15, 0.2) is 6.33 Å². The summed E-state index contributed by atoms with van der Waals surface area (Å²) in [7, 11) is 0. The quantitative estimate of drug-likeness (QED) is 0.915. The van der Waals surface area contributed by atoms with Crippen molar-refractivity contribution in [3.05, 3.63) is 12.2 Å². The van der Waals surface area contributed by atoms with Crippen molar-refractivity contribution in [1.82, 2.24) is 25.0 Å². The van der Waals surface area contributed by atoms with Crippen LogP contribution in [-0.4, -0.2) is 44.3 Å². The molecule has 1 saturated heterocycles. The summed E-state index contributed by atoms with van der Waals surface area (Å²) in [6, 6.07) is 0.574. The van der Waals surface area contributed by atoms with Gasteiger partial charge in [-0.2, -0.15) is 5.10 Å². The monoisotopic (exact) mass is 277 g/mol. The van der Waals surface area contributed by atoms with Gasteiger partial charge in [0.2, 0.25) is 0 Å². The number of rotatable bonds is 3. The molecule has 1 atom stereocenters. The molecule has 2 aliphatic rings. The Balaban J connectivity index is 1.70. The van der Waals surface area contributed by atoms with Crippen LogP contribution in [0.25, 0.3) is 0 Å². The molecule has 1 aliphatic heterocycles. The van der Waals surface area contributed by atoms with Gasteiger partial charge in [0, 0.05) is 31.2 Å². The zero-order valence-electron chi connectivity index (χ0n) is 12.8. The predicted molar refractivity (Wildman–Crippen MR) is 79.4 cm³/mol. The van der Waals surface area contributed by atoms with Crippen molar-refractivity contribution in [2.75, 3.05) is 13.1 Å². The lowest BCUT2D eigenvalue weighted by molar-refractivity contribution is 0.0545. The summed E-state index contributed by atoms with van der Waals surface area (Å²) >= 11 is 0. The van der Waals surface area contributed by atoms with Crippen LogP contribution in [0, 0.1) is 0 Å². The van der Waals surface area contributed by atoms with Crippen molar-refractivity contribution in [3.63, 3.8) is 0 Å². The van der Waals surface area contributed by atoms with Crippen molar-refractivity contribution < 1.29 is 0 Å². The van der Waals surface area contributed by atoms with Crippen LogP contribution < -0.4 is 5.32 Å². The molecule has 1 spiro atoms. The highest BCUT2D eigenvalue weighted by Crippen LogP contribution is 2.32. The van der Waals surface area contributed by atoms with Gasteiger partial charge in [-0.15, -0.1) is 0 Å². The van der Waals surface area contributed by atoms with Gasteiger partial charge in [-0.05, 0) is 26.7 Å². The molecular weight excluding hydrogens is 250 g/mol. The van der Waals surface area contributed by atoms with Crippen molar-refractivity contribution in [2.45, 2.75) is 70.6 Å². The number of hydrogen-bond donors (Lipinski definition) is 1. The summed E-state index contributed by atoms with van der Waals surface area (Å²) in [5.74, 6) is 1.10. The third kappa shape index (κ3) is 2.74. The topological polar surface area (TPSA) is 46.0 Å². The average Bonchev–Trinajstić information content (AvgIpc) is 2.91. The van der Waals surface area contributed by atoms with Gasteiger partial charge in [0.15, 0.2) is 0 Å². The Labute approximate surface area is 121 Å². The van der Waals surface area contributed by atoms with Crippen LogP contribution in [0.4, 0.5) is 0 Å². The molecule has 2 fully saturated rings. The maximum Gasteiger partial charge on any atom is 0.141 e. The van der Waals surface area contributed by atoms with E-state index >= 15 is 0 Å². The molecule has 1 N–H and O–H groups in total. The molecule has 0 amide bonds. The largest absolute Gasteiger partial charge is 0.308 e. The zero-order valence-corrected chi connectivity index (χ0v) is 12.8. The van der Waals surface area contributed by atoms with E-state index in [4.69, 9.17) is 0 Å². The molecule has 1 aromatic rings. The van der Waals surface area contributed by atoms with Crippen LogP contribution >= 0.6 is 0 Å². The summed E-state index contributed by atoms with van der Waals surface area (Å²) in [6.45, 7) is 8.53. The molecule has 2 heterocycles. The second-order valence-corrected chi connectivity index (χ2v) is 6.47. The van der Waals surface area contributed by atoms with E-state index in [0.29, 0.717) is 11.6 Å². The van der Waals surface area contributed by atoms with Gasteiger partial charge in [-0.25, -0.2) is 9.67 Å². The lowest BCUT2D eigenvalue weighted by Gasteiger charge is -2.48. The molecule has 112 valence electrons. The normalized spacial score (nSPS) is 27.0. The van der Waals surface area contributed by atoms with Gasteiger partial charge in [0.25, 0.3) is 0 Å². The maximum atomic E-state index is 4.44. The molecule has 3 rings (SSSR count). The minimum absolute atomic E-state index is 0.363. The molecule has 0 aromatic carbocycles. The Bertz CT molecular complexity index is 435. The van der Waals surface area contributed by atoms with E-state index in [2.05, 4.69) is 34.1 Å². The molecule has 20 heavy (non-hydrogen) atoms.